The van der Waals surface area contributed by atoms with Gasteiger partial charge in [-0.05, 0) is 40.2 Å². The van der Waals surface area contributed by atoms with Crippen molar-refractivity contribution in [2.24, 2.45) is 5.92 Å². The van der Waals surface area contributed by atoms with Crippen LogP contribution in [0.1, 0.15) is 34.6 Å². The van der Waals surface area contributed by atoms with Crippen LogP contribution in [0.5, 0.6) is 0 Å². The number of ether oxygens (including phenoxy) is 2. The number of rotatable bonds is 5. The lowest BCUT2D eigenvalue weighted by molar-refractivity contribution is -0.159. The van der Waals surface area contributed by atoms with Gasteiger partial charge in [0.15, 0.2) is 5.92 Å². The molecule has 0 amide bonds. The summed E-state index contributed by atoms with van der Waals surface area (Å²) < 4.78 is 9.74. The average molecular weight is 228 g/mol. The third kappa shape index (κ3) is 4.04. The van der Waals surface area contributed by atoms with E-state index in [2.05, 4.69) is 0 Å². The molecule has 16 heavy (non-hydrogen) atoms. The molecule has 0 bridgehead atoms. The Morgan fingerprint density at radius 3 is 1.56 bits per heavy atom. The lowest BCUT2D eigenvalue weighted by Gasteiger charge is -2.16. The molecule has 0 saturated carbocycles. The van der Waals surface area contributed by atoms with Crippen LogP contribution >= 0.6 is 0 Å². The normalized spacial score (nSPS) is 9.88. The molecule has 4 nitrogen and oxygen atoms in total. The monoisotopic (exact) mass is 228 g/mol. The van der Waals surface area contributed by atoms with Crippen molar-refractivity contribution in [1.82, 2.24) is 0 Å². The summed E-state index contributed by atoms with van der Waals surface area (Å²) >= 11 is 0. The molecule has 0 rings (SSSR count). The first-order chi connectivity index (χ1) is 7.45. The molecule has 0 heterocycles. The van der Waals surface area contributed by atoms with E-state index in [1.807, 2.05) is 13.8 Å². The minimum Gasteiger partial charge on any atom is -0.465 e. The van der Waals surface area contributed by atoms with Crippen LogP contribution < -0.4 is 0 Å². The van der Waals surface area contributed by atoms with Gasteiger partial charge < -0.3 is 9.47 Å². The van der Waals surface area contributed by atoms with E-state index in [9.17, 15) is 9.59 Å². The maximum atomic E-state index is 11.6. The molecule has 0 radical (unpaired) electrons. The second kappa shape index (κ2) is 7.04. The molecule has 0 unspecified atom stereocenters. The van der Waals surface area contributed by atoms with Crippen molar-refractivity contribution in [3.8, 4) is 0 Å². The van der Waals surface area contributed by atoms with Crippen LogP contribution in [0.3, 0.4) is 0 Å². The molecule has 0 aromatic rings. The fourth-order valence-corrected chi connectivity index (χ4v) is 1.19. The van der Waals surface area contributed by atoms with Gasteiger partial charge in [-0.25, -0.2) is 0 Å². The average Bonchev–Trinajstić information content (AvgIpc) is 2.18. The quantitative estimate of drug-likeness (QED) is 0.411. The summed E-state index contributed by atoms with van der Waals surface area (Å²) in [4.78, 5) is 23.3. The maximum Gasteiger partial charge on any atom is 0.324 e. The highest BCUT2D eigenvalue weighted by molar-refractivity contribution is 5.98. The summed E-state index contributed by atoms with van der Waals surface area (Å²) in [7, 11) is 0. The highest BCUT2D eigenvalue weighted by Gasteiger charge is 2.31. The lowest BCUT2D eigenvalue weighted by Crippen LogP contribution is -2.29. The molecule has 4 heteroatoms. The Bertz CT molecular complexity index is 269. The SMILES string of the molecule is CCOC(=O)C(C(=O)OCC)C(C)=C(C)C. The van der Waals surface area contributed by atoms with Gasteiger partial charge in [-0.2, -0.15) is 0 Å². The number of carbonyl (C=O) groups is 2. The van der Waals surface area contributed by atoms with E-state index < -0.39 is 17.9 Å². The molecule has 0 aliphatic heterocycles. The Morgan fingerprint density at radius 2 is 1.31 bits per heavy atom. The third-order valence-corrected chi connectivity index (χ3v) is 2.27. The van der Waals surface area contributed by atoms with Gasteiger partial charge in [0.25, 0.3) is 0 Å². The minimum atomic E-state index is -0.926. The predicted molar refractivity (Wildman–Crippen MR) is 60.8 cm³/mol. The van der Waals surface area contributed by atoms with E-state index >= 15 is 0 Å². The van der Waals surface area contributed by atoms with Crippen LogP contribution in [0.25, 0.3) is 0 Å². The lowest BCUT2D eigenvalue weighted by atomic mass is 9.97. The Morgan fingerprint density at radius 1 is 0.938 bits per heavy atom. The Kier molecular flexibility index (Phi) is 6.46. The fraction of sp³-hybridized carbons (Fsp3) is 0.667. The van der Waals surface area contributed by atoms with Gasteiger partial charge in [0.05, 0.1) is 13.2 Å². The van der Waals surface area contributed by atoms with Gasteiger partial charge in [0, 0.05) is 0 Å². The molecule has 0 aliphatic rings. The van der Waals surface area contributed by atoms with Crippen LogP contribution in [0.2, 0.25) is 0 Å². The molecule has 92 valence electrons. The van der Waals surface area contributed by atoms with Gasteiger partial charge in [0.2, 0.25) is 0 Å². The molecule has 0 atom stereocenters. The zero-order chi connectivity index (χ0) is 12.7. The van der Waals surface area contributed by atoms with E-state index in [4.69, 9.17) is 9.47 Å². The van der Waals surface area contributed by atoms with Crippen molar-refractivity contribution in [3.05, 3.63) is 11.1 Å². The summed E-state index contributed by atoms with van der Waals surface area (Å²) in [6, 6.07) is 0. The zero-order valence-electron chi connectivity index (χ0n) is 10.6. The van der Waals surface area contributed by atoms with Crippen molar-refractivity contribution in [1.29, 1.82) is 0 Å². The molecule has 0 aliphatic carbocycles. The molecular formula is C12H20O4. The second-order valence-electron chi connectivity index (χ2n) is 3.62. The topological polar surface area (TPSA) is 52.6 Å². The van der Waals surface area contributed by atoms with E-state index in [1.54, 1.807) is 20.8 Å². The highest BCUT2D eigenvalue weighted by Crippen LogP contribution is 2.18. The van der Waals surface area contributed by atoms with E-state index in [0.29, 0.717) is 5.57 Å². The molecule has 0 saturated heterocycles. The van der Waals surface area contributed by atoms with Crippen molar-refractivity contribution in [2.75, 3.05) is 13.2 Å². The van der Waals surface area contributed by atoms with Crippen LogP contribution in [-0.2, 0) is 19.1 Å². The zero-order valence-corrected chi connectivity index (χ0v) is 10.6. The van der Waals surface area contributed by atoms with E-state index in [1.165, 1.54) is 0 Å². The highest BCUT2D eigenvalue weighted by atomic mass is 16.6. The maximum absolute atomic E-state index is 11.6. The molecule has 0 spiro atoms. The summed E-state index contributed by atoms with van der Waals surface area (Å²) in [6.07, 6.45) is 0. The molecule has 0 aromatic heterocycles. The van der Waals surface area contributed by atoms with Crippen molar-refractivity contribution >= 4 is 11.9 Å². The summed E-state index contributed by atoms with van der Waals surface area (Å²) in [5, 5.41) is 0. The third-order valence-electron chi connectivity index (χ3n) is 2.27. The number of carbonyl (C=O) groups excluding carboxylic acids is 2. The van der Waals surface area contributed by atoms with Crippen molar-refractivity contribution in [3.63, 3.8) is 0 Å². The van der Waals surface area contributed by atoms with Gasteiger partial charge in [0.1, 0.15) is 0 Å². The minimum absolute atomic E-state index is 0.255. The second-order valence-corrected chi connectivity index (χ2v) is 3.62. The number of allylic oxidation sites excluding steroid dienone is 1. The predicted octanol–water partition coefficient (Wildman–Crippen LogP) is 2.09. The van der Waals surface area contributed by atoms with E-state index in [0.717, 1.165) is 5.57 Å². The number of hydrogen-bond donors (Lipinski definition) is 0. The molecule has 0 N–H and O–H groups in total. The van der Waals surface area contributed by atoms with Gasteiger partial charge >= 0.3 is 11.9 Å². The Labute approximate surface area is 96.6 Å². The first-order valence-corrected chi connectivity index (χ1v) is 5.42. The van der Waals surface area contributed by atoms with Gasteiger partial charge in [-0.15, -0.1) is 0 Å². The van der Waals surface area contributed by atoms with E-state index in [-0.39, 0.29) is 13.2 Å². The standard InChI is InChI=1S/C12H20O4/c1-6-15-11(13)10(9(5)8(3)4)12(14)16-7-2/h10H,6-7H2,1-5H3. The van der Waals surface area contributed by atoms with Crippen LogP contribution in [-0.4, -0.2) is 25.2 Å². The number of hydrogen-bond acceptors (Lipinski definition) is 4. The summed E-state index contributed by atoms with van der Waals surface area (Å²) in [5.74, 6) is -2.01. The molecule has 0 aromatic carbocycles. The van der Waals surface area contributed by atoms with Crippen molar-refractivity contribution < 1.29 is 19.1 Å². The largest absolute Gasteiger partial charge is 0.465 e. The number of esters is 2. The van der Waals surface area contributed by atoms with Gasteiger partial charge in [-0.3, -0.25) is 9.59 Å². The first-order valence-electron chi connectivity index (χ1n) is 5.42. The van der Waals surface area contributed by atoms with Crippen molar-refractivity contribution in [2.45, 2.75) is 34.6 Å². The van der Waals surface area contributed by atoms with Crippen LogP contribution in [0, 0.1) is 5.92 Å². The molecule has 0 fully saturated rings. The first kappa shape index (κ1) is 14.7. The van der Waals surface area contributed by atoms with Crippen LogP contribution in [0.4, 0.5) is 0 Å². The van der Waals surface area contributed by atoms with Gasteiger partial charge in [-0.1, -0.05) is 5.57 Å². The molecular weight excluding hydrogens is 208 g/mol. The smallest absolute Gasteiger partial charge is 0.324 e. The Balaban J connectivity index is 4.98. The fourth-order valence-electron chi connectivity index (χ4n) is 1.19. The Hall–Kier alpha value is -1.32. The van der Waals surface area contributed by atoms with Crippen LogP contribution in [0.15, 0.2) is 11.1 Å². The summed E-state index contributed by atoms with van der Waals surface area (Å²) in [5.41, 5.74) is 1.61. The summed E-state index contributed by atoms with van der Waals surface area (Å²) in [6.45, 7) is 9.36.